The number of nitrogens with one attached hydrogen (secondary N) is 2. The smallest absolute Gasteiger partial charge is 0.276 e. The van der Waals surface area contributed by atoms with Crippen LogP contribution in [-0.2, 0) is 9.59 Å². The zero-order valence-electron chi connectivity index (χ0n) is 14.3. The summed E-state index contributed by atoms with van der Waals surface area (Å²) >= 11 is 1.33. The number of amides is 2. The summed E-state index contributed by atoms with van der Waals surface area (Å²) in [5.74, 6) is -0.0826. The molecule has 1 aromatic carbocycles. The molecule has 8 heteroatoms. The average molecular weight is 376 g/mol. The van der Waals surface area contributed by atoms with Gasteiger partial charge in [0, 0.05) is 12.8 Å². The number of Topliss-reactive ketones (excluding diaryl/α,β-unsaturated/α-hetero) is 1. The lowest BCUT2D eigenvalue weighted by Gasteiger charge is -2.12. The highest BCUT2D eigenvalue weighted by Gasteiger charge is 2.11. The second kappa shape index (κ2) is 10.2. The van der Waals surface area contributed by atoms with Crippen LogP contribution in [-0.4, -0.2) is 30.8 Å². The number of rotatable bonds is 9. The molecule has 1 aromatic heterocycles. The Morgan fingerprint density at radius 1 is 0.923 bits per heavy atom. The summed E-state index contributed by atoms with van der Waals surface area (Å²) in [6.45, 7) is 2.05. The maximum Gasteiger partial charge on any atom is 0.276 e. The number of carbonyl (C=O) groups is 3. The van der Waals surface area contributed by atoms with E-state index in [1.54, 1.807) is 41.8 Å². The molecule has 0 radical (unpaired) electrons. The molecule has 0 aliphatic rings. The lowest BCUT2D eigenvalue weighted by molar-refractivity contribution is -0.130. The summed E-state index contributed by atoms with van der Waals surface area (Å²) in [6, 6.07) is 10.5. The third kappa shape index (κ3) is 6.21. The SMILES string of the molecule is CCOc1ccccc1OCC(=O)NNC(=O)CCC(=O)c1cccs1. The Kier molecular flexibility index (Phi) is 7.63. The van der Waals surface area contributed by atoms with Gasteiger partial charge in [-0.2, -0.15) is 0 Å². The number of benzene rings is 1. The Morgan fingerprint density at radius 2 is 1.62 bits per heavy atom. The lowest BCUT2D eigenvalue weighted by Crippen LogP contribution is -2.43. The van der Waals surface area contributed by atoms with E-state index < -0.39 is 11.8 Å². The Hall–Kier alpha value is -2.87. The molecule has 2 amide bonds. The van der Waals surface area contributed by atoms with Gasteiger partial charge in [-0.25, -0.2) is 0 Å². The monoisotopic (exact) mass is 376 g/mol. The van der Waals surface area contributed by atoms with Crippen molar-refractivity contribution in [2.45, 2.75) is 19.8 Å². The van der Waals surface area contributed by atoms with Crippen LogP contribution in [0.5, 0.6) is 11.5 Å². The highest BCUT2D eigenvalue weighted by molar-refractivity contribution is 7.12. The first-order valence-corrected chi connectivity index (χ1v) is 8.97. The predicted molar refractivity (Wildman–Crippen MR) is 97.3 cm³/mol. The molecule has 138 valence electrons. The van der Waals surface area contributed by atoms with Crippen molar-refractivity contribution in [3.05, 3.63) is 46.7 Å². The van der Waals surface area contributed by atoms with Crippen LogP contribution in [0.25, 0.3) is 0 Å². The van der Waals surface area contributed by atoms with Gasteiger partial charge in [0.05, 0.1) is 11.5 Å². The summed E-state index contributed by atoms with van der Waals surface area (Å²) in [6.07, 6.45) is 0.0749. The quantitative estimate of drug-likeness (QED) is 0.517. The van der Waals surface area contributed by atoms with Crippen LogP contribution in [0.15, 0.2) is 41.8 Å². The van der Waals surface area contributed by atoms with Gasteiger partial charge in [-0.3, -0.25) is 25.2 Å². The minimum atomic E-state index is -0.519. The summed E-state index contributed by atoms with van der Waals surface area (Å²) in [4.78, 5) is 35.9. The molecule has 0 spiro atoms. The van der Waals surface area contributed by atoms with Crippen molar-refractivity contribution in [3.8, 4) is 11.5 Å². The van der Waals surface area contributed by atoms with Gasteiger partial charge in [-0.05, 0) is 30.5 Å². The largest absolute Gasteiger partial charge is 0.490 e. The van der Waals surface area contributed by atoms with Gasteiger partial charge in [-0.1, -0.05) is 18.2 Å². The number of hydrogen-bond acceptors (Lipinski definition) is 6. The molecule has 0 fully saturated rings. The van der Waals surface area contributed by atoms with Crippen LogP contribution < -0.4 is 20.3 Å². The third-order valence-corrected chi connectivity index (χ3v) is 4.14. The van der Waals surface area contributed by atoms with E-state index >= 15 is 0 Å². The predicted octanol–water partition coefficient (Wildman–Crippen LogP) is 2.34. The molecule has 2 aromatic rings. The minimum absolute atomic E-state index is 0.00889. The molecule has 0 saturated heterocycles. The number of thiophene rings is 1. The van der Waals surface area contributed by atoms with Crippen molar-refractivity contribution in [3.63, 3.8) is 0 Å². The molecule has 0 saturated carbocycles. The van der Waals surface area contributed by atoms with Crippen molar-refractivity contribution in [2.24, 2.45) is 0 Å². The van der Waals surface area contributed by atoms with E-state index in [0.717, 1.165) is 0 Å². The van der Waals surface area contributed by atoms with Crippen molar-refractivity contribution in [2.75, 3.05) is 13.2 Å². The maximum atomic E-state index is 11.8. The molecule has 0 aliphatic heterocycles. The van der Waals surface area contributed by atoms with E-state index in [1.165, 1.54) is 11.3 Å². The highest BCUT2D eigenvalue weighted by Crippen LogP contribution is 2.26. The van der Waals surface area contributed by atoms with Gasteiger partial charge < -0.3 is 9.47 Å². The number of carbonyl (C=O) groups excluding carboxylic acids is 3. The van der Waals surface area contributed by atoms with Crippen LogP contribution in [0.1, 0.15) is 29.4 Å². The maximum absolute atomic E-state index is 11.8. The van der Waals surface area contributed by atoms with Gasteiger partial charge >= 0.3 is 0 Å². The fourth-order valence-corrected chi connectivity index (χ4v) is 2.71. The van der Waals surface area contributed by atoms with Gasteiger partial charge in [0.2, 0.25) is 5.91 Å². The van der Waals surface area contributed by atoms with E-state index in [1.807, 2.05) is 6.92 Å². The fraction of sp³-hybridized carbons (Fsp3) is 0.278. The average Bonchev–Trinajstić information content (AvgIpc) is 3.19. The normalized spacial score (nSPS) is 10.0. The van der Waals surface area contributed by atoms with Crippen LogP contribution in [0, 0.1) is 0 Å². The van der Waals surface area contributed by atoms with Crippen molar-refractivity contribution >= 4 is 28.9 Å². The second-order valence-corrected chi connectivity index (χ2v) is 6.11. The number of ether oxygens (including phenoxy) is 2. The molecule has 0 bridgehead atoms. The van der Waals surface area contributed by atoms with Crippen LogP contribution in [0.2, 0.25) is 0 Å². The van der Waals surface area contributed by atoms with E-state index in [9.17, 15) is 14.4 Å². The number of hydrazine groups is 1. The van der Waals surface area contributed by atoms with E-state index in [0.29, 0.717) is 23.0 Å². The second-order valence-electron chi connectivity index (χ2n) is 5.17. The molecule has 2 rings (SSSR count). The molecule has 2 N–H and O–H groups in total. The molecular formula is C18H20N2O5S. The first-order chi connectivity index (χ1) is 12.6. The molecule has 0 unspecified atom stereocenters. The van der Waals surface area contributed by atoms with Crippen LogP contribution in [0.3, 0.4) is 0 Å². The van der Waals surface area contributed by atoms with Gasteiger partial charge in [0.1, 0.15) is 0 Å². The van der Waals surface area contributed by atoms with Gasteiger partial charge in [0.25, 0.3) is 5.91 Å². The Morgan fingerprint density at radius 3 is 2.27 bits per heavy atom. The Labute approximate surface area is 155 Å². The third-order valence-electron chi connectivity index (χ3n) is 3.22. The standard InChI is InChI=1S/C18H20N2O5S/c1-2-24-14-6-3-4-7-15(14)25-12-18(23)20-19-17(22)10-9-13(21)16-8-5-11-26-16/h3-8,11H,2,9-10,12H2,1H3,(H,19,22)(H,20,23). The Balaban J connectivity index is 1.68. The zero-order valence-corrected chi connectivity index (χ0v) is 15.1. The lowest BCUT2D eigenvalue weighted by atomic mass is 10.2. The van der Waals surface area contributed by atoms with Crippen molar-refractivity contribution in [1.29, 1.82) is 0 Å². The first-order valence-electron chi connectivity index (χ1n) is 8.09. The van der Waals surface area contributed by atoms with E-state index in [4.69, 9.17) is 9.47 Å². The number of hydrogen-bond donors (Lipinski definition) is 2. The molecule has 26 heavy (non-hydrogen) atoms. The summed E-state index contributed by atoms with van der Waals surface area (Å²) in [5.41, 5.74) is 4.51. The zero-order chi connectivity index (χ0) is 18.8. The first kappa shape index (κ1) is 19.5. The molecule has 7 nitrogen and oxygen atoms in total. The molecule has 0 aliphatic carbocycles. The van der Waals surface area contributed by atoms with Crippen molar-refractivity contribution < 1.29 is 23.9 Å². The summed E-state index contributed by atoms with van der Waals surface area (Å²) < 4.78 is 10.8. The topological polar surface area (TPSA) is 93.7 Å². The summed E-state index contributed by atoms with van der Waals surface area (Å²) in [7, 11) is 0. The number of ketones is 1. The molecule has 1 heterocycles. The number of para-hydroxylation sites is 2. The van der Waals surface area contributed by atoms with Gasteiger partial charge in [0.15, 0.2) is 23.9 Å². The van der Waals surface area contributed by atoms with E-state index in [2.05, 4.69) is 10.9 Å². The van der Waals surface area contributed by atoms with Crippen molar-refractivity contribution in [1.82, 2.24) is 10.9 Å². The van der Waals surface area contributed by atoms with Crippen LogP contribution >= 0.6 is 11.3 Å². The highest BCUT2D eigenvalue weighted by atomic mass is 32.1. The molecule has 0 atom stereocenters. The summed E-state index contributed by atoms with van der Waals surface area (Å²) in [5, 5.41) is 1.80. The van der Waals surface area contributed by atoms with Crippen LogP contribution in [0.4, 0.5) is 0 Å². The fourth-order valence-electron chi connectivity index (χ4n) is 2.01. The van der Waals surface area contributed by atoms with E-state index in [-0.39, 0.29) is 25.2 Å². The minimum Gasteiger partial charge on any atom is -0.490 e. The van der Waals surface area contributed by atoms with Gasteiger partial charge in [-0.15, -0.1) is 11.3 Å². The Bertz CT molecular complexity index is 746. The molecular weight excluding hydrogens is 356 g/mol.